The lowest BCUT2D eigenvalue weighted by Gasteiger charge is -2.21. The van der Waals surface area contributed by atoms with Crippen molar-refractivity contribution in [2.75, 3.05) is 0 Å². The van der Waals surface area contributed by atoms with Gasteiger partial charge in [-0.2, -0.15) is 0 Å². The lowest BCUT2D eigenvalue weighted by atomic mass is 10.0. The first kappa shape index (κ1) is 14.4. The Kier molecular flexibility index (Phi) is 4.94. The van der Waals surface area contributed by atoms with Crippen LogP contribution in [0.3, 0.4) is 0 Å². The Morgan fingerprint density at radius 2 is 1.69 bits per heavy atom. The summed E-state index contributed by atoms with van der Waals surface area (Å²) >= 11 is 0. The molecule has 1 atom stereocenters. The van der Waals surface area contributed by atoms with E-state index in [2.05, 4.69) is 0 Å². The van der Waals surface area contributed by atoms with Crippen molar-refractivity contribution < 1.29 is 29.3 Å². The van der Waals surface area contributed by atoms with E-state index in [4.69, 9.17) is 14.9 Å². The van der Waals surface area contributed by atoms with Crippen molar-refractivity contribution in [3.63, 3.8) is 0 Å². The van der Waals surface area contributed by atoms with Gasteiger partial charge in [-0.25, -0.2) is 0 Å². The fourth-order valence-corrected chi connectivity index (χ4v) is 0.983. The monoisotopic (exact) mass is 232 g/mol. The third-order valence-electron chi connectivity index (χ3n) is 1.64. The van der Waals surface area contributed by atoms with Crippen LogP contribution in [0.2, 0.25) is 0 Å². The molecule has 0 aromatic rings. The number of hydrogen-bond acceptors (Lipinski definition) is 4. The summed E-state index contributed by atoms with van der Waals surface area (Å²) in [5.74, 6) is -4.83. The summed E-state index contributed by atoms with van der Waals surface area (Å²) in [5, 5.41) is 17.2. The minimum Gasteiger partial charge on any atom is -0.481 e. The van der Waals surface area contributed by atoms with Crippen LogP contribution in [0.5, 0.6) is 0 Å². The van der Waals surface area contributed by atoms with E-state index >= 15 is 0 Å². The van der Waals surface area contributed by atoms with Gasteiger partial charge in [0.05, 0.1) is 0 Å². The first-order valence-electron chi connectivity index (χ1n) is 4.81. The predicted octanol–water partition coefficient (Wildman–Crippen LogP) is 0.894. The standard InChI is InChI=1S/C10H16O6/c1-10(2,3)16-9(15)6(8(13)14)4-5-7(11)12/h6H,4-5H2,1-3H3,(H,11,12)(H,13,14)/t6-/m1/s1. The highest BCUT2D eigenvalue weighted by Crippen LogP contribution is 2.15. The van der Waals surface area contributed by atoms with Gasteiger partial charge >= 0.3 is 17.9 Å². The zero-order valence-corrected chi connectivity index (χ0v) is 9.52. The van der Waals surface area contributed by atoms with Gasteiger partial charge in [0, 0.05) is 6.42 Å². The Hall–Kier alpha value is -1.59. The molecule has 0 saturated carbocycles. The second-order valence-corrected chi connectivity index (χ2v) is 4.36. The molecule has 0 aliphatic carbocycles. The number of esters is 1. The van der Waals surface area contributed by atoms with Crippen LogP contribution in [0.25, 0.3) is 0 Å². The summed E-state index contributed by atoms with van der Waals surface area (Å²) in [4.78, 5) is 32.5. The van der Waals surface area contributed by atoms with Crippen molar-refractivity contribution in [2.24, 2.45) is 5.92 Å². The van der Waals surface area contributed by atoms with Gasteiger partial charge in [0.1, 0.15) is 5.60 Å². The maximum absolute atomic E-state index is 11.4. The summed E-state index contributed by atoms with van der Waals surface area (Å²) in [6, 6.07) is 0. The Balaban J connectivity index is 4.48. The number of carboxylic acids is 2. The minimum atomic E-state index is -1.42. The van der Waals surface area contributed by atoms with Crippen LogP contribution in [0, 0.1) is 5.92 Å². The van der Waals surface area contributed by atoms with Gasteiger partial charge in [-0.1, -0.05) is 0 Å². The van der Waals surface area contributed by atoms with E-state index in [1.807, 2.05) is 0 Å². The number of aliphatic carboxylic acids is 2. The fraction of sp³-hybridized carbons (Fsp3) is 0.700. The predicted molar refractivity (Wildman–Crippen MR) is 53.8 cm³/mol. The van der Waals surface area contributed by atoms with Gasteiger partial charge in [0.25, 0.3) is 0 Å². The van der Waals surface area contributed by atoms with E-state index in [1.54, 1.807) is 20.8 Å². The van der Waals surface area contributed by atoms with E-state index in [0.717, 1.165) is 0 Å². The molecule has 0 spiro atoms. The lowest BCUT2D eigenvalue weighted by Crippen LogP contribution is -2.33. The topological polar surface area (TPSA) is 101 Å². The van der Waals surface area contributed by atoms with Gasteiger partial charge in [-0.05, 0) is 27.2 Å². The molecule has 0 radical (unpaired) electrons. The second-order valence-electron chi connectivity index (χ2n) is 4.36. The molecule has 0 saturated heterocycles. The molecule has 0 bridgehead atoms. The zero-order valence-electron chi connectivity index (χ0n) is 9.52. The first-order valence-corrected chi connectivity index (χ1v) is 4.81. The van der Waals surface area contributed by atoms with Crippen molar-refractivity contribution in [2.45, 2.75) is 39.2 Å². The zero-order chi connectivity index (χ0) is 12.9. The van der Waals surface area contributed by atoms with Gasteiger partial charge in [0.2, 0.25) is 0 Å². The third-order valence-corrected chi connectivity index (χ3v) is 1.64. The number of carbonyl (C=O) groups excluding carboxylic acids is 1. The number of rotatable bonds is 5. The molecule has 0 aliphatic rings. The maximum Gasteiger partial charge on any atom is 0.320 e. The molecule has 0 rings (SSSR count). The molecule has 0 amide bonds. The van der Waals surface area contributed by atoms with Crippen LogP contribution in [0.15, 0.2) is 0 Å². The highest BCUT2D eigenvalue weighted by atomic mass is 16.6. The third kappa shape index (κ3) is 6.00. The highest BCUT2D eigenvalue weighted by Gasteiger charge is 2.31. The quantitative estimate of drug-likeness (QED) is 0.539. The molecular formula is C10H16O6. The Bertz CT molecular complexity index is 288. The molecule has 0 fully saturated rings. The first-order chi connectivity index (χ1) is 7.13. The molecule has 0 aromatic carbocycles. The number of carboxylic acid groups (broad SMARTS) is 2. The average Bonchev–Trinajstić information content (AvgIpc) is 1.98. The van der Waals surface area contributed by atoms with Crippen LogP contribution in [0.4, 0.5) is 0 Å². The summed E-state index contributed by atoms with van der Waals surface area (Å²) in [6.45, 7) is 4.84. The highest BCUT2D eigenvalue weighted by molar-refractivity contribution is 5.94. The summed E-state index contributed by atoms with van der Waals surface area (Å²) in [5.41, 5.74) is -0.784. The number of ether oxygens (including phenoxy) is 1. The smallest absolute Gasteiger partial charge is 0.320 e. The van der Waals surface area contributed by atoms with Crippen molar-refractivity contribution in [3.05, 3.63) is 0 Å². The molecule has 0 aliphatic heterocycles. The van der Waals surface area contributed by atoms with Crippen LogP contribution >= 0.6 is 0 Å². The summed E-state index contributed by atoms with van der Waals surface area (Å²) in [6.07, 6.45) is -0.643. The molecule has 0 unspecified atom stereocenters. The lowest BCUT2D eigenvalue weighted by molar-refractivity contribution is -0.167. The van der Waals surface area contributed by atoms with Gasteiger partial charge < -0.3 is 14.9 Å². The SMILES string of the molecule is CC(C)(C)OC(=O)[C@H](CCC(=O)O)C(=O)O. The second kappa shape index (κ2) is 5.48. The van der Waals surface area contributed by atoms with Crippen LogP contribution in [0.1, 0.15) is 33.6 Å². The molecule has 6 heteroatoms. The van der Waals surface area contributed by atoms with E-state index in [9.17, 15) is 14.4 Å². The number of carbonyl (C=O) groups is 3. The van der Waals surface area contributed by atoms with Crippen LogP contribution in [-0.4, -0.2) is 33.7 Å². The largest absolute Gasteiger partial charge is 0.481 e. The summed E-state index contributed by atoms with van der Waals surface area (Å²) in [7, 11) is 0. The van der Waals surface area contributed by atoms with Gasteiger partial charge in [0.15, 0.2) is 5.92 Å². The average molecular weight is 232 g/mol. The van der Waals surface area contributed by atoms with Crippen LogP contribution < -0.4 is 0 Å². The molecule has 6 nitrogen and oxygen atoms in total. The van der Waals surface area contributed by atoms with Crippen molar-refractivity contribution in [3.8, 4) is 0 Å². The van der Waals surface area contributed by atoms with Gasteiger partial charge in [-0.15, -0.1) is 0 Å². The van der Waals surface area contributed by atoms with Crippen molar-refractivity contribution in [1.82, 2.24) is 0 Å². The van der Waals surface area contributed by atoms with E-state index in [1.165, 1.54) is 0 Å². The van der Waals surface area contributed by atoms with Gasteiger partial charge in [-0.3, -0.25) is 14.4 Å². The normalized spacial score (nSPS) is 12.9. The van der Waals surface area contributed by atoms with Crippen molar-refractivity contribution >= 4 is 17.9 Å². The molecule has 0 heterocycles. The Morgan fingerprint density at radius 1 is 1.19 bits per heavy atom. The molecule has 2 N–H and O–H groups in total. The van der Waals surface area contributed by atoms with E-state index in [0.29, 0.717) is 0 Å². The minimum absolute atomic E-state index is 0.264. The summed E-state index contributed by atoms with van der Waals surface area (Å²) < 4.78 is 4.88. The molecule has 0 aromatic heterocycles. The van der Waals surface area contributed by atoms with Crippen LogP contribution in [-0.2, 0) is 19.1 Å². The van der Waals surface area contributed by atoms with E-state index in [-0.39, 0.29) is 12.8 Å². The van der Waals surface area contributed by atoms with Crippen molar-refractivity contribution in [1.29, 1.82) is 0 Å². The molecular weight excluding hydrogens is 216 g/mol. The Morgan fingerprint density at radius 3 is 2.00 bits per heavy atom. The fourth-order valence-electron chi connectivity index (χ4n) is 0.983. The Labute approximate surface area is 93.2 Å². The molecule has 92 valence electrons. The molecule has 16 heavy (non-hydrogen) atoms. The maximum atomic E-state index is 11.4. The number of hydrogen-bond donors (Lipinski definition) is 2. The van der Waals surface area contributed by atoms with E-state index < -0.39 is 29.4 Å².